The number of aromatic nitrogens is 2. The van der Waals surface area contributed by atoms with Gasteiger partial charge in [-0.3, -0.25) is 0 Å². The fourth-order valence-electron chi connectivity index (χ4n) is 3.54. The average molecular weight is 481 g/mol. The molecule has 1 fully saturated rings. The fraction of sp³-hybridized carbons (Fsp3) is 0.318. The van der Waals surface area contributed by atoms with Gasteiger partial charge in [0.2, 0.25) is 5.88 Å². The number of nitrogens with zero attached hydrogens (tertiary/aromatic N) is 2. The summed E-state index contributed by atoms with van der Waals surface area (Å²) in [6.07, 6.45) is -3.05. The van der Waals surface area contributed by atoms with Gasteiger partial charge in [-0.05, 0) is 55.7 Å². The van der Waals surface area contributed by atoms with Crippen LogP contribution in [-0.2, 0) is 28.5 Å². The largest absolute Gasteiger partial charge is 0.439 e. The van der Waals surface area contributed by atoms with Crippen LogP contribution in [0.3, 0.4) is 0 Å². The molecule has 1 aliphatic rings. The van der Waals surface area contributed by atoms with E-state index in [2.05, 4.69) is 14.5 Å². The molecule has 1 saturated carbocycles. The number of aryl methyl sites for hydroxylation is 1. The summed E-state index contributed by atoms with van der Waals surface area (Å²) in [7, 11) is -2.25. The maximum atomic E-state index is 12.8. The minimum Gasteiger partial charge on any atom is -0.439 e. The highest BCUT2D eigenvalue weighted by atomic mass is 32.2. The smallest absolute Gasteiger partial charge is 0.416 e. The number of hydrogen-bond donors (Lipinski definition) is 2. The predicted octanol–water partition coefficient (Wildman–Crippen LogP) is 4.42. The molecular formula is C22H23F3N4O3S. The van der Waals surface area contributed by atoms with Crippen molar-refractivity contribution in [1.82, 2.24) is 19.2 Å². The number of halogens is 3. The molecule has 2 aromatic carbocycles. The number of benzene rings is 2. The second kappa shape index (κ2) is 8.47. The summed E-state index contributed by atoms with van der Waals surface area (Å²) in [6, 6.07) is 13.6. The third-order valence-electron chi connectivity index (χ3n) is 5.51. The molecule has 0 saturated heterocycles. The Balaban J connectivity index is 1.59. The van der Waals surface area contributed by atoms with Gasteiger partial charge < -0.3 is 4.74 Å². The highest BCUT2D eigenvalue weighted by Gasteiger charge is 2.47. The molecule has 1 aliphatic carbocycles. The molecule has 0 spiro atoms. The molecule has 7 nitrogen and oxygen atoms in total. The first-order valence-electron chi connectivity index (χ1n) is 10.3. The standard InChI is InChI=1S/C22H23F3N4O3S/c1-3-29-20(32-18-9-7-16(8-10-18)22(23,24)25)14-19(27-29)15-5-4-6-17(13-15)21(11-12-21)28-33(30,31)26-2/h4-10,13-14,26,28H,3,11-12H2,1-2H3. The van der Waals surface area contributed by atoms with E-state index in [1.54, 1.807) is 10.7 Å². The van der Waals surface area contributed by atoms with Crippen LogP contribution in [0.4, 0.5) is 13.2 Å². The van der Waals surface area contributed by atoms with Gasteiger partial charge >= 0.3 is 6.18 Å². The van der Waals surface area contributed by atoms with Crippen LogP contribution in [-0.4, -0.2) is 25.2 Å². The van der Waals surface area contributed by atoms with E-state index < -0.39 is 27.5 Å². The molecule has 11 heteroatoms. The minimum atomic E-state index is -4.41. The molecule has 0 bridgehead atoms. The molecule has 0 unspecified atom stereocenters. The van der Waals surface area contributed by atoms with Crippen molar-refractivity contribution in [2.24, 2.45) is 0 Å². The molecule has 33 heavy (non-hydrogen) atoms. The molecule has 2 N–H and O–H groups in total. The summed E-state index contributed by atoms with van der Waals surface area (Å²) < 4.78 is 74.8. The quantitative estimate of drug-likeness (QED) is 0.500. The molecule has 4 rings (SSSR count). The third-order valence-corrected chi connectivity index (χ3v) is 6.70. The Labute approximate surface area is 189 Å². The van der Waals surface area contributed by atoms with Crippen LogP contribution < -0.4 is 14.2 Å². The monoisotopic (exact) mass is 480 g/mol. The van der Waals surface area contributed by atoms with E-state index in [4.69, 9.17) is 4.74 Å². The van der Waals surface area contributed by atoms with Crippen molar-refractivity contribution < 1.29 is 26.3 Å². The van der Waals surface area contributed by atoms with E-state index in [-0.39, 0.29) is 5.75 Å². The molecule has 0 amide bonds. The van der Waals surface area contributed by atoms with Gasteiger partial charge in [-0.15, -0.1) is 0 Å². The van der Waals surface area contributed by atoms with Gasteiger partial charge in [0.05, 0.1) is 16.8 Å². The minimum absolute atomic E-state index is 0.260. The van der Waals surface area contributed by atoms with Gasteiger partial charge in [0.1, 0.15) is 5.75 Å². The highest BCUT2D eigenvalue weighted by Crippen LogP contribution is 2.46. The molecule has 1 aromatic heterocycles. The Morgan fingerprint density at radius 3 is 2.39 bits per heavy atom. The maximum Gasteiger partial charge on any atom is 0.416 e. The van der Waals surface area contributed by atoms with Crippen molar-refractivity contribution in [3.05, 3.63) is 65.7 Å². The Hall–Kier alpha value is -2.89. The summed E-state index contributed by atoms with van der Waals surface area (Å²) in [5.41, 5.74) is 0.805. The average Bonchev–Trinajstić information content (AvgIpc) is 3.44. The first-order chi connectivity index (χ1) is 15.5. The van der Waals surface area contributed by atoms with Crippen LogP contribution in [0.25, 0.3) is 11.3 Å². The van der Waals surface area contributed by atoms with Gasteiger partial charge in [-0.1, -0.05) is 18.2 Å². The van der Waals surface area contributed by atoms with Crippen molar-refractivity contribution in [2.75, 3.05) is 7.05 Å². The highest BCUT2D eigenvalue weighted by molar-refractivity contribution is 7.87. The van der Waals surface area contributed by atoms with E-state index in [0.717, 1.165) is 23.3 Å². The second-order valence-electron chi connectivity index (χ2n) is 7.78. The van der Waals surface area contributed by atoms with Crippen LogP contribution in [0, 0.1) is 0 Å². The van der Waals surface area contributed by atoms with Gasteiger partial charge in [0.15, 0.2) is 0 Å². The van der Waals surface area contributed by atoms with Gasteiger partial charge in [-0.25, -0.2) is 9.40 Å². The van der Waals surface area contributed by atoms with E-state index in [9.17, 15) is 21.6 Å². The molecule has 1 heterocycles. The Morgan fingerprint density at radius 2 is 1.82 bits per heavy atom. The lowest BCUT2D eigenvalue weighted by atomic mass is 10.0. The zero-order chi connectivity index (χ0) is 23.9. The van der Waals surface area contributed by atoms with E-state index in [0.29, 0.717) is 31.0 Å². The first kappa shape index (κ1) is 23.3. The Morgan fingerprint density at radius 1 is 1.12 bits per heavy atom. The zero-order valence-electron chi connectivity index (χ0n) is 18.0. The van der Waals surface area contributed by atoms with Gasteiger partial charge in [-0.2, -0.15) is 31.4 Å². The number of nitrogens with one attached hydrogen (secondary N) is 2. The Bertz CT molecular complexity index is 1250. The lowest BCUT2D eigenvalue weighted by Gasteiger charge is -2.18. The number of ether oxygens (including phenoxy) is 1. The van der Waals surface area contributed by atoms with Crippen molar-refractivity contribution in [3.8, 4) is 22.9 Å². The lowest BCUT2D eigenvalue weighted by Crippen LogP contribution is -2.41. The lowest BCUT2D eigenvalue weighted by molar-refractivity contribution is -0.137. The number of alkyl halides is 3. The molecular weight excluding hydrogens is 457 g/mol. The number of hydrogen-bond acceptors (Lipinski definition) is 4. The molecule has 0 radical (unpaired) electrons. The molecule has 0 aliphatic heterocycles. The summed E-state index contributed by atoms with van der Waals surface area (Å²) in [6.45, 7) is 2.36. The van der Waals surface area contributed by atoms with Crippen LogP contribution in [0.5, 0.6) is 11.6 Å². The maximum absolute atomic E-state index is 12.8. The van der Waals surface area contributed by atoms with Crippen molar-refractivity contribution in [2.45, 2.75) is 38.0 Å². The van der Waals surface area contributed by atoms with Crippen LogP contribution >= 0.6 is 0 Å². The SMILES string of the molecule is CCn1nc(-c2cccc(C3(NS(=O)(=O)NC)CC3)c2)cc1Oc1ccc(C(F)(F)F)cc1. The topological polar surface area (TPSA) is 85.2 Å². The predicted molar refractivity (Wildman–Crippen MR) is 117 cm³/mol. The molecule has 176 valence electrons. The fourth-order valence-corrected chi connectivity index (χ4v) is 4.48. The summed E-state index contributed by atoms with van der Waals surface area (Å²) >= 11 is 0. The summed E-state index contributed by atoms with van der Waals surface area (Å²) in [4.78, 5) is 0. The van der Waals surface area contributed by atoms with Crippen LogP contribution in [0.1, 0.15) is 30.9 Å². The second-order valence-corrected chi connectivity index (χ2v) is 9.40. The van der Waals surface area contributed by atoms with Crippen LogP contribution in [0.2, 0.25) is 0 Å². The zero-order valence-corrected chi connectivity index (χ0v) is 18.8. The molecule has 3 aromatic rings. The van der Waals surface area contributed by atoms with E-state index >= 15 is 0 Å². The summed E-state index contributed by atoms with van der Waals surface area (Å²) in [5, 5.41) is 4.55. The third kappa shape index (κ3) is 5.05. The van der Waals surface area contributed by atoms with Crippen molar-refractivity contribution >= 4 is 10.2 Å². The molecule has 0 atom stereocenters. The van der Waals surface area contributed by atoms with Crippen molar-refractivity contribution in [3.63, 3.8) is 0 Å². The van der Waals surface area contributed by atoms with Crippen molar-refractivity contribution in [1.29, 1.82) is 0 Å². The van der Waals surface area contributed by atoms with Gasteiger partial charge in [0, 0.05) is 25.2 Å². The first-order valence-corrected chi connectivity index (χ1v) is 11.8. The van der Waals surface area contributed by atoms with Crippen LogP contribution in [0.15, 0.2) is 54.6 Å². The Kier molecular flexibility index (Phi) is 5.97. The normalized spacial score (nSPS) is 15.4. The summed E-state index contributed by atoms with van der Waals surface area (Å²) in [5.74, 6) is 0.644. The van der Waals surface area contributed by atoms with E-state index in [1.165, 1.54) is 19.2 Å². The number of rotatable bonds is 8. The van der Waals surface area contributed by atoms with E-state index in [1.807, 2.05) is 31.2 Å². The van der Waals surface area contributed by atoms with Gasteiger partial charge in [0.25, 0.3) is 10.2 Å².